The molecule has 0 spiro atoms. The van der Waals surface area contributed by atoms with Crippen LogP contribution >= 0.6 is 11.8 Å². The predicted octanol–water partition coefficient (Wildman–Crippen LogP) is 0.890. The lowest BCUT2D eigenvalue weighted by Gasteiger charge is -2.12. The first-order valence-electron chi connectivity index (χ1n) is 5.05. The van der Waals surface area contributed by atoms with Crippen molar-refractivity contribution in [3.05, 3.63) is 0 Å². The Morgan fingerprint density at radius 2 is 2.33 bits per heavy atom. The molecule has 0 aromatic carbocycles. The average Bonchev–Trinajstić information content (AvgIpc) is 2.48. The minimum Gasteiger partial charge on any atom is -0.361 e. The molecule has 0 saturated carbocycles. The van der Waals surface area contributed by atoms with Crippen LogP contribution in [0.25, 0.3) is 0 Å². The van der Waals surface area contributed by atoms with Crippen LogP contribution in [0.3, 0.4) is 0 Å². The number of nitrogens with zero attached hydrogens (tertiary/aromatic N) is 1. The fourth-order valence-corrected chi connectivity index (χ4v) is 3.57. The number of nitrogens with one attached hydrogen (secondary N) is 1. The van der Waals surface area contributed by atoms with E-state index < -0.39 is 9.84 Å². The molecule has 0 saturated heterocycles. The van der Waals surface area contributed by atoms with Crippen LogP contribution in [0.1, 0.15) is 20.3 Å². The normalized spacial score (nSPS) is 23.7. The lowest BCUT2D eigenvalue weighted by molar-refractivity contribution is 0.591. The fraction of sp³-hybridized carbons (Fsp3) is 0.889. The van der Waals surface area contributed by atoms with Gasteiger partial charge in [0, 0.05) is 18.1 Å². The number of hydrogen-bond donors (Lipinski definition) is 1. The van der Waals surface area contributed by atoms with Crippen molar-refractivity contribution in [2.24, 2.45) is 4.99 Å². The third-order valence-corrected chi connectivity index (χ3v) is 4.26. The summed E-state index contributed by atoms with van der Waals surface area (Å²) in [6.07, 6.45) is 2.29. The molecule has 1 aliphatic rings. The Kier molecular flexibility index (Phi) is 4.45. The Hall–Kier alpha value is -0.230. The summed E-state index contributed by atoms with van der Waals surface area (Å²) in [5.74, 6) is 1.16. The second-order valence-electron chi connectivity index (χ2n) is 3.95. The molecular formula is C9H18N2O2S2. The third kappa shape index (κ3) is 4.88. The monoisotopic (exact) mass is 250 g/mol. The van der Waals surface area contributed by atoms with Gasteiger partial charge in [-0.25, -0.2) is 8.42 Å². The molecule has 4 nitrogen and oxygen atoms in total. The average molecular weight is 250 g/mol. The van der Waals surface area contributed by atoms with Crippen LogP contribution in [-0.4, -0.2) is 43.4 Å². The first-order chi connectivity index (χ1) is 6.90. The molecule has 1 rings (SSSR count). The van der Waals surface area contributed by atoms with Gasteiger partial charge in [-0.3, -0.25) is 4.99 Å². The summed E-state index contributed by atoms with van der Waals surface area (Å²) < 4.78 is 22.1. The Balaban J connectivity index is 2.42. The molecule has 0 fully saturated rings. The first kappa shape index (κ1) is 12.8. The minimum absolute atomic E-state index is 0.0677. The van der Waals surface area contributed by atoms with Crippen molar-refractivity contribution >= 4 is 26.8 Å². The number of amidine groups is 1. The van der Waals surface area contributed by atoms with Crippen LogP contribution < -0.4 is 5.32 Å². The lowest BCUT2D eigenvalue weighted by atomic mass is 10.3. The van der Waals surface area contributed by atoms with Gasteiger partial charge >= 0.3 is 0 Å². The van der Waals surface area contributed by atoms with E-state index in [1.807, 2.05) is 6.92 Å². The van der Waals surface area contributed by atoms with Gasteiger partial charge < -0.3 is 5.32 Å². The van der Waals surface area contributed by atoms with Crippen molar-refractivity contribution in [2.75, 3.05) is 17.8 Å². The SMILES string of the molecule is CCC1CSC(NC(C)CS(C)(=O)=O)=N1. The molecule has 0 aliphatic carbocycles. The zero-order chi connectivity index (χ0) is 11.5. The standard InChI is InChI=1S/C9H18N2O2S2/c1-4-8-5-14-9(11-8)10-7(2)6-15(3,12)13/h7-8H,4-6H2,1-3H3,(H,10,11). The van der Waals surface area contributed by atoms with E-state index in [0.717, 1.165) is 17.3 Å². The Bertz CT molecular complexity index is 338. The molecular weight excluding hydrogens is 232 g/mol. The van der Waals surface area contributed by atoms with Gasteiger partial charge in [0.05, 0.1) is 11.8 Å². The maximum atomic E-state index is 11.0. The van der Waals surface area contributed by atoms with Crippen LogP contribution in [0.2, 0.25) is 0 Å². The van der Waals surface area contributed by atoms with E-state index >= 15 is 0 Å². The molecule has 1 aliphatic heterocycles. The minimum atomic E-state index is -2.91. The second kappa shape index (κ2) is 5.21. The molecule has 0 bridgehead atoms. The summed E-state index contributed by atoms with van der Waals surface area (Å²) in [6, 6.07) is 0.324. The van der Waals surface area contributed by atoms with Crippen LogP contribution in [0.5, 0.6) is 0 Å². The van der Waals surface area contributed by atoms with Gasteiger partial charge in [0.15, 0.2) is 5.17 Å². The van der Waals surface area contributed by atoms with Gasteiger partial charge in [-0.2, -0.15) is 0 Å². The van der Waals surface area contributed by atoms with Crippen LogP contribution in [0.4, 0.5) is 0 Å². The highest BCUT2D eigenvalue weighted by molar-refractivity contribution is 8.14. The maximum absolute atomic E-state index is 11.0. The number of hydrogen-bond acceptors (Lipinski definition) is 5. The summed E-state index contributed by atoms with van der Waals surface area (Å²) in [5.41, 5.74) is 0. The van der Waals surface area contributed by atoms with Crippen LogP contribution in [-0.2, 0) is 9.84 Å². The number of rotatable bonds is 4. The topological polar surface area (TPSA) is 58.5 Å². The van der Waals surface area contributed by atoms with Crippen molar-refractivity contribution in [3.8, 4) is 0 Å². The highest BCUT2D eigenvalue weighted by Gasteiger charge is 2.19. The number of sulfone groups is 1. The summed E-state index contributed by atoms with van der Waals surface area (Å²) in [4.78, 5) is 4.45. The van der Waals surface area contributed by atoms with Gasteiger partial charge in [-0.1, -0.05) is 18.7 Å². The summed E-state index contributed by atoms with van der Waals surface area (Å²) in [5, 5.41) is 4.02. The largest absolute Gasteiger partial charge is 0.361 e. The van der Waals surface area contributed by atoms with Gasteiger partial charge in [0.2, 0.25) is 0 Å². The molecule has 2 unspecified atom stereocenters. The smallest absolute Gasteiger partial charge is 0.157 e. The summed E-state index contributed by atoms with van der Waals surface area (Å²) in [6.45, 7) is 3.97. The molecule has 0 amide bonds. The van der Waals surface area contributed by atoms with Crippen molar-refractivity contribution in [1.82, 2.24) is 5.32 Å². The molecule has 1 N–H and O–H groups in total. The van der Waals surface area contributed by atoms with Crippen LogP contribution in [0.15, 0.2) is 4.99 Å². The van der Waals surface area contributed by atoms with Crippen molar-refractivity contribution in [3.63, 3.8) is 0 Å². The second-order valence-corrected chi connectivity index (χ2v) is 7.14. The molecule has 2 atom stereocenters. The first-order valence-corrected chi connectivity index (χ1v) is 8.10. The number of aliphatic imine (C=N–C) groups is 1. The number of thioether (sulfide) groups is 1. The predicted molar refractivity (Wildman–Crippen MR) is 66.3 cm³/mol. The van der Waals surface area contributed by atoms with Crippen LogP contribution in [0, 0.1) is 0 Å². The maximum Gasteiger partial charge on any atom is 0.157 e. The van der Waals surface area contributed by atoms with Gasteiger partial charge in [0.1, 0.15) is 9.84 Å². The van der Waals surface area contributed by atoms with E-state index in [-0.39, 0.29) is 11.8 Å². The highest BCUT2D eigenvalue weighted by atomic mass is 32.2. The Morgan fingerprint density at radius 1 is 1.67 bits per heavy atom. The fourth-order valence-electron chi connectivity index (χ4n) is 1.41. The molecule has 88 valence electrons. The quantitative estimate of drug-likeness (QED) is 0.805. The summed E-state index contributed by atoms with van der Waals surface area (Å²) in [7, 11) is -2.91. The van der Waals surface area contributed by atoms with E-state index in [2.05, 4.69) is 17.2 Å². The third-order valence-electron chi connectivity index (χ3n) is 2.11. The molecule has 1 heterocycles. The highest BCUT2D eigenvalue weighted by Crippen LogP contribution is 2.18. The molecule has 15 heavy (non-hydrogen) atoms. The molecule has 0 aromatic rings. The van der Waals surface area contributed by atoms with Gasteiger partial charge in [-0.15, -0.1) is 0 Å². The van der Waals surface area contributed by atoms with Crippen molar-refractivity contribution < 1.29 is 8.42 Å². The Morgan fingerprint density at radius 3 is 2.80 bits per heavy atom. The van der Waals surface area contributed by atoms with Gasteiger partial charge in [-0.05, 0) is 13.3 Å². The lowest BCUT2D eigenvalue weighted by Crippen LogP contribution is -2.35. The molecule has 0 radical (unpaired) electrons. The molecule has 0 aromatic heterocycles. The van der Waals surface area contributed by atoms with Gasteiger partial charge in [0.25, 0.3) is 0 Å². The van der Waals surface area contributed by atoms with E-state index in [9.17, 15) is 8.42 Å². The van der Waals surface area contributed by atoms with E-state index in [1.54, 1.807) is 11.8 Å². The zero-order valence-electron chi connectivity index (χ0n) is 9.36. The molecule has 6 heteroatoms. The zero-order valence-corrected chi connectivity index (χ0v) is 11.0. The Labute approximate surface area is 95.8 Å². The summed E-state index contributed by atoms with van der Waals surface area (Å²) >= 11 is 1.67. The van der Waals surface area contributed by atoms with E-state index in [0.29, 0.717) is 6.04 Å². The van der Waals surface area contributed by atoms with Crippen molar-refractivity contribution in [2.45, 2.75) is 32.4 Å². The van der Waals surface area contributed by atoms with E-state index in [4.69, 9.17) is 0 Å². The van der Waals surface area contributed by atoms with Crippen molar-refractivity contribution in [1.29, 1.82) is 0 Å². The van der Waals surface area contributed by atoms with E-state index in [1.165, 1.54) is 6.26 Å².